The number of alkyl halides is 3. The van der Waals surface area contributed by atoms with Gasteiger partial charge in [0.25, 0.3) is 0 Å². The van der Waals surface area contributed by atoms with Crippen molar-refractivity contribution in [2.75, 3.05) is 12.8 Å². The molecular formula is C20H25Cl2F3NO5P. The summed E-state index contributed by atoms with van der Waals surface area (Å²) in [6.45, 7) is -0.402. The molecule has 1 atom stereocenters. The van der Waals surface area contributed by atoms with Crippen LogP contribution in [-0.4, -0.2) is 33.2 Å². The van der Waals surface area contributed by atoms with Crippen molar-refractivity contribution in [1.29, 1.82) is 0 Å². The highest BCUT2D eigenvalue weighted by Crippen LogP contribution is 2.37. The first-order chi connectivity index (χ1) is 14.3. The Morgan fingerprint density at radius 1 is 1.03 bits per heavy atom. The molecule has 180 valence electrons. The summed E-state index contributed by atoms with van der Waals surface area (Å²) in [6, 6.07) is 9.19. The van der Waals surface area contributed by atoms with Gasteiger partial charge in [0.1, 0.15) is 11.5 Å². The molecule has 5 N–H and O–H groups in total. The Balaban J connectivity index is 0.00000512. The van der Waals surface area contributed by atoms with E-state index in [9.17, 15) is 22.8 Å². The van der Waals surface area contributed by atoms with Gasteiger partial charge in [-0.25, -0.2) is 0 Å². The normalized spacial score (nSPS) is 13.9. The van der Waals surface area contributed by atoms with Crippen LogP contribution in [0.25, 0.3) is 0 Å². The Labute approximate surface area is 195 Å². The monoisotopic (exact) mass is 517 g/mol. The van der Waals surface area contributed by atoms with Gasteiger partial charge in [0.15, 0.2) is 0 Å². The van der Waals surface area contributed by atoms with E-state index in [1.807, 2.05) is 0 Å². The summed E-state index contributed by atoms with van der Waals surface area (Å²) in [6.07, 6.45) is -3.46. The molecule has 12 heteroatoms. The predicted octanol–water partition coefficient (Wildman–Crippen LogP) is 5.15. The van der Waals surface area contributed by atoms with Crippen LogP contribution < -0.4 is 10.5 Å². The number of aliphatic hydroxyl groups is 1. The smallest absolute Gasteiger partial charge is 0.416 e. The topological polar surface area (TPSA) is 113 Å². The molecule has 0 heterocycles. The van der Waals surface area contributed by atoms with Crippen molar-refractivity contribution < 1.29 is 37.4 Å². The maximum absolute atomic E-state index is 12.6. The number of hydrogen-bond donors (Lipinski definition) is 4. The van der Waals surface area contributed by atoms with Crippen molar-refractivity contribution in [3.05, 3.63) is 58.6 Å². The van der Waals surface area contributed by atoms with Crippen LogP contribution in [0.1, 0.15) is 30.4 Å². The summed E-state index contributed by atoms with van der Waals surface area (Å²) in [4.78, 5) is 18.0. The fourth-order valence-corrected chi connectivity index (χ4v) is 3.93. The second-order valence-corrected chi connectivity index (χ2v) is 9.57. The van der Waals surface area contributed by atoms with Crippen molar-refractivity contribution >= 4 is 31.6 Å². The molecule has 0 spiro atoms. The first kappa shape index (κ1) is 28.7. The molecule has 0 aliphatic rings. The van der Waals surface area contributed by atoms with Crippen LogP contribution in [0.4, 0.5) is 13.2 Å². The zero-order valence-corrected chi connectivity index (χ0v) is 19.4. The second kappa shape index (κ2) is 11.7. The third-order valence-corrected chi connectivity index (χ3v) is 5.94. The van der Waals surface area contributed by atoms with Crippen LogP contribution in [0.15, 0.2) is 42.5 Å². The molecule has 0 aliphatic carbocycles. The van der Waals surface area contributed by atoms with Gasteiger partial charge >= 0.3 is 13.8 Å². The zero-order chi connectivity index (χ0) is 23.3. The van der Waals surface area contributed by atoms with E-state index in [4.69, 9.17) is 31.9 Å². The average molecular weight is 518 g/mol. The summed E-state index contributed by atoms with van der Waals surface area (Å²) in [5.41, 5.74) is 4.94. The number of aryl methyl sites for hydroxylation is 1. The average Bonchev–Trinajstić information content (AvgIpc) is 2.67. The number of ether oxygens (including phenoxy) is 1. The van der Waals surface area contributed by atoms with Gasteiger partial charge in [0.2, 0.25) is 0 Å². The minimum absolute atomic E-state index is 0. The molecule has 0 radical (unpaired) electrons. The summed E-state index contributed by atoms with van der Waals surface area (Å²) < 4.78 is 54.4. The molecule has 0 saturated heterocycles. The lowest BCUT2D eigenvalue weighted by atomic mass is 9.91. The van der Waals surface area contributed by atoms with Gasteiger partial charge in [0, 0.05) is 10.6 Å². The first-order valence-electron chi connectivity index (χ1n) is 9.39. The highest BCUT2D eigenvalue weighted by molar-refractivity contribution is 7.51. The van der Waals surface area contributed by atoms with Crippen LogP contribution in [0.2, 0.25) is 5.02 Å². The Kier molecular flexibility index (Phi) is 10.5. The Morgan fingerprint density at radius 3 is 2.12 bits per heavy atom. The number of halogens is 5. The fraction of sp³-hybridized carbons (Fsp3) is 0.400. The third-order valence-electron chi connectivity index (χ3n) is 4.78. The van der Waals surface area contributed by atoms with Gasteiger partial charge in [-0.05, 0) is 67.6 Å². The highest BCUT2D eigenvalue weighted by atomic mass is 35.5. The fourth-order valence-electron chi connectivity index (χ4n) is 2.92. The van der Waals surface area contributed by atoms with E-state index in [0.717, 1.165) is 17.7 Å². The van der Waals surface area contributed by atoms with E-state index < -0.39 is 37.6 Å². The standard InChI is InChI=1S/C20H24ClF3NO5P.ClH/c21-18-12-17(30-16-7-4-15(5-8-16)20(22,23)24)6-3-14(18)2-1-9-19(25,13-26)10-11-31(27,28)29;/h3-8,12,26H,1-2,9-11,13,25H2,(H2,27,28,29);1H. The second-order valence-electron chi connectivity index (χ2n) is 7.39. The van der Waals surface area contributed by atoms with Crippen molar-refractivity contribution in [3.63, 3.8) is 0 Å². The lowest BCUT2D eigenvalue weighted by Crippen LogP contribution is -2.44. The number of hydrogen-bond acceptors (Lipinski definition) is 4. The van der Waals surface area contributed by atoms with Gasteiger partial charge in [-0.3, -0.25) is 4.57 Å². The minimum atomic E-state index is -4.42. The minimum Gasteiger partial charge on any atom is -0.457 e. The highest BCUT2D eigenvalue weighted by Gasteiger charge is 2.30. The predicted molar refractivity (Wildman–Crippen MR) is 119 cm³/mol. The third kappa shape index (κ3) is 9.27. The zero-order valence-electron chi connectivity index (χ0n) is 16.9. The Bertz CT molecular complexity index is 924. The van der Waals surface area contributed by atoms with Crippen molar-refractivity contribution in [2.45, 2.75) is 37.4 Å². The van der Waals surface area contributed by atoms with E-state index in [1.54, 1.807) is 18.2 Å². The molecule has 0 fully saturated rings. The van der Waals surface area contributed by atoms with Crippen LogP contribution in [0.5, 0.6) is 11.5 Å². The van der Waals surface area contributed by atoms with E-state index in [1.165, 1.54) is 12.1 Å². The van der Waals surface area contributed by atoms with E-state index in [0.29, 0.717) is 30.0 Å². The Hall–Kier alpha value is -1.32. The van der Waals surface area contributed by atoms with Crippen LogP contribution in [0, 0.1) is 0 Å². The summed E-state index contributed by atoms with van der Waals surface area (Å²) >= 11 is 6.27. The molecular weight excluding hydrogens is 493 g/mol. The summed E-state index contributed by atoms with van der Waals surface area (Å²) in [7, 11) is -4.20. The molecule has 0 amide bonds. The molecule has 2 aromatic carbocycles. The Morgan fingerprint density at radius 2 is 1.62 bits per heavy atom. The van der Waals surface area contributed by atoms with Gasteiger partial charge in [-0.1, -0.05) is 17.7 Å². The molecule has 0 bridgehead atoms. The molecule has 2 rings (SSSR count). The summed E-state index contributed by atoms with van der Waals surface area (Å²) in [5.74, 6) is 0.594. The molecule has 0 aliphatic heterocycles. The molecule has 1 unspecified atom stereocenters. The van der Waals surface area contributed by atoms with Crippen LogP contribution >= 0.6 is 31.6 Å². The molecule has 0 aromatic heterocycles. The maximum atomic E-state index is 12.6. The van der Waals surface area contributed by atoms with Crippen LogP contribution in [-0.2, 0) is 17.2 Å². The van der Waals surface area contributed by atoms with Crippen molar-refractivity contribution in [1.82, 2.24) is 0 Å². The molecule has 2 aromatic rings. The van der Waals surface area contributed by atoms with E-state index >= 15 is 0 Å². The largest absolute Gasteiger partial charge is 0.457 e. The quantitative estimate of drug-likeness (QED) is 0.324. The lowest BCUT2D eigenvalue weighted by Gasteiger charge is -2.27. The lowest BCUT2D eigenvalue weighted by molar-refractivity contribution is -0.137. The van der Waals surface area contributed by atoms with Gasteiger partial charge < -0.3 is 25.4 Å². The SMILES string of the molecule is Cl.NC(CO)(CCCc1ccc(Oc2ccc(C(F)(F)F)cc2)cc1Cl)CCP(=O)(O)O. The van der Waals surface area contributed by atoms with Crippen molar-refractivity contribution in [2.24, 2.45) is 5.73 Å². The maximum Gasteiger partial charge on any atom is 0.416 e. The first-order valence-corrected chi connectivity index (χ1v) is 11.6. The molecule has 0 saturated carbocycles. The number of benzene rings is 2. The van der Waals surface area contributed by atoms with E-state index in [2.05, 4.69) is 0 Å². The number of aliphatic hydroxyl groups excluding tert-OH is 1. The van der Waals surface area contributed by atoms with Crippen molar-refractivity contribution in [3.8, 4) is 11.5 Å². The van der Waals surface area contributed by atoms with Gasteiger partial charge in [0.05, 0.1) is 18.3 Å². The van der Waals surface area contributed by atoms with Gasteiger partial charge in [-0.15, -0.1) is 12.4 Å². The number of rotatable bonds is 10. The van der Waals surface area contributed by atoms with Crippen LogP contribution in [0.3, 0.4) is 0 Å². The summed E-state index contributed by atoms with van der Waals surface area (Å²) in [5, 5.41) is 9.88. The molecule has 6 nitrogen and oxygen atoms in total. The van der Waals surface area contributed by atoms with E-state index in [-0.39, 0.29) is 24.6 Å². The number of nitrogens with two attached hydrogens (primary N) is 1. The molecule has 32 heavy (non-hydrogen) atoms. The van der Waals surface area contributed by atoms with Gasteiger partial charge in [-0.2, -0.15) is 13.2 Å².